The molecular formula is C18H18N2O7S. The minimum absolute atomic E-state index is 0.0832. The molecule has 148 valence electrons. The van der Waals surface area contributed by atoms with E-state index in [4.69, 9.17) is 8.92 Å². The van der Waals surface area contributed by atoms with Gasteiger partial charge in [-0.3, -0.25) is 14.3 Å². The number of nitro groups is 1. The third kappa shape index (κ3) is 4.84. The number of hydrogen-bond acceptors (Lipinski definition) is 7. The molecule has 3 rings (SSSR count). The van der Waals surface area contributed by atoms with Gasteiger partial charge in [0.05, 0.1) is 22.5 Å². The highest BCUT2D eigenvalue weighted by molar-refractivity contribution is 7.86. The maximum atomic E-state index is 12.3. The zero-order valence-electron chi connectivity index (χ0n) is 14.8. The molecule has 28 heavy (non-hydrogen) atoms. The second-order valence-electron chi connectivity index (χ2n) is 6.20. The van der Waals surface area contributed by atoms with Gasteiger partial charge in [-0.2, -0.15) is 8.42 Å². The summed E-state index contributed by atoms with van der Waals surface area (Å²) in [5.74, 6) is 0. The molecule has 0 bridgehead atoms. The summed E-state index contributed by atoms with van der Waals surface area (Å²) in [6, 6.07) is 13.6. The first-order valence-electron chi connectivity index (χ1n) is 8.48. The van der Waals surface area contributed by atoms with E-state index in [1.165, 1.54) is 4.90 Å². The number of carbonyl (C=O) groups is 1. The van der Waals surface area contributed by atoms with Crippen LogP contribution < -0.4 is 0 Å². The molecule has 1 aliphatic heterocycles. The quantitative estimate of drug-likeness (QED) is 0.411. The average Bonchev–Trinajstić information content (AvgIpc) is 3.15. The maximum Gasteiger partial charge on any atom is 0.410 e. The first-order valence-corrected chi connectivity index (χ1v) is 9.89. The summed E-state index contributed by atoms with van der Waals surface area (Å²) >= 11 is 0. The number of hydrogen-bond donors (Lipinski definition) is 0. The van der Waals surface area contributed by atoms with Crippen LogP contribution in [0, 0.1) is 10.1 Å². The van der Waals surface area contributed by atoms with Crippen molar-refractivity contribution in [1.82, 2.24) is 4.90 Å². The number of ether oxygens (including phenoxy) is 1. The Hall–Kier alpha value is -2.98. The van der Waals surface area contributed by atoms with Crippen LogP contribution in [0.25, 0.3) is 0 Å². The predicted molar refractivity (Wildman–Crippen MR) is 98.0 cm³/mol. The number of rotatable bonds is 6. The Bertz CT molecular complexity index is 946. The summed E-state index contributed by atoms with van der Waals surface area (Å²) in [6.07, 6.45) is -0.903. The molecule has 0 aromatic heterocycles. The second-order valence-corrected chi connectivity index (χ2v) is 7.77. The van der Waals surface area contributed by atoms with E-state index in [0.29, 0.717) is 13.0 Å². The van der Waals surface area contributed by atoms with Crippen LogP contribution in [-0.2, 0) is 25.6 Å². The minimum atomic E-state index is -4.09. The standard InChI is InChI=1S/C18H18N2O7S/c21-18(26-13-14-4-2-1-3-5-14)19-11-10-16(12-19)27-28(24,25)17-8-6-15(7-9-17)20(22)23/h1-9,16H,10-13H2/t16-/m1/s1. The van der Waals surface area contributed by atoms with Crippen LogP contribution in [0.2, 0.25) is 0 Å². The summed E-state index contributed by atoms with van der Waals surface area (Å²) in [7, 11) is -4.09. The van der Waals surface area contributed by atoms with Crippen molar-refractivity contribution >= 4 is 21.9 Å². The molecule has 1 atom stereocenters. The lowest BCUT2D eigenvalue weighted by molar-refractivity contribution is -0.384. The first-order chi connectivity index (χ1) is 13.3. The molecule has 1 saturated heterocycles. The number of likely N-dealkylation sites (tertiary alicyclic amines) is 1. The van der Waals surface area contributed by atoms with E-state index < -0.39 is 27.2 Å². The number of carbonyl (C=O) groups excluding carboxylic acids is 1. The molecule has 1 fully saturated rings. The SMILES string of the molecule is O=C(OCc1ccccc1)N1CC[C@@H](OS(=O)(=O)c2ccc([N+](=O)[O-])cc2)C1. The zero-order chi connectivity index (χ0) is 20.1. The fraction of sp³-hybridized carbons (Fsp3) is 0.278. The molecule has 10 heteroatoms. The lowest BCUT2D eigenvalue weighted by Gasteiger charge is -2.16. The highest BCUT2D eigenvalue weighted by Gasteiger charge is 2.32. The number of nitrogens with zero attached hydrogens (tertiary/aromatic N) is 2. The van der Waals surface area contributed by atoms with Gasteiger partial charge in [0.1, 0.15) is 6.61 Å². The largest absolute Gasteiger partial charge is 0.445 e. The summed E-state index contributed by atoms with van der Waals surface area (Å²) < 4.78 is 35.1. The van der Waals surface area contributed by atoms with Crippen molar-refractivity contribution in [2.45, 2.75) is 24.0 Å². The molecule has 2 aromatic carbocycles. The Kier molecular flexibility index (Phi) is 5.90. The van der Waals surface area contributed by atoms with Crippen molar-refractivity contribution in [2.75, 3.05) is 13.1 Å². The van der Waals surface area contributed by atoms with E-state index in [2.05, 4.69) is 0 Å². The molecule has 2 aromatic rings. The summed E-state index contributed by atoms with van der Waals surface area (Å²) in [4.78, 5) is 23.4. The van der Waals surface area contributed by atoms with Crippen molar-refractivity contribution in [3.05, 3.63) is 70.3 Å². The van der Waals surface area contributed by atoms with Gasteiger partial charge in [0.25, 0.3) is 15.8 Å². The van der Waals surface area contributed by atoms with Gasteiger partial charge in [-0.1, -0.05) is 30.3 Å². The Balaban J connectivity index is 1.54. The molecule has 1 aliphatic rings. The number of non-ortho nitro benzene ring substituents is 1. The summed E-state index contributed by atoms with van der Waals surface area (Å²) in [6.45, 7) is 0.525. The van der Waals surface area contributed by atoms with Crippen molar-refractivity contribution < 1.29 is 27.1 Å². The van der Waals surface area contributed by atoms with Crippen molar-refractivity contribution in [3.8, 4) is 0 Å². The van der Waals surface area contributed by atoms with E-state index in [1.54, 1.807) is 0 Å². The normalized spacial score (nSPS) is 16.7. The fourth-order valence-corrected chi connectivity index (χ4v) is 3.85. The topological polar surface area (TPSA) is 116 Å². The smallest absolute Gasteiger partial charge is 0.410 e. The fourth-order valence-electron chi connectivity index (χ4n) is 2.75. The van der Waals surface area contributed by atoms with Gasteiger partial charge in [0.2, 0.25) is 0 Å². The van der Waals surface area contributed by atoms with E-state index >= 15 is 0 Å². The Labute approximate surface area is 161 Å². The molecule has 1 heterocycles. The van der Waals surface area contributed by atoms with E-state index in [1.807, 2.05) is 30.3 Å². The third-order valence-corrected chi connectivity index (χ3v) is 5.58. The minimum Gasteiger partial charge on any atom is -0.445 e. The lowest BCUT2D eigenvalue weighted by Crippen LogP contribution is -2.31. The zero-order valence-corrected chi connectivity index (χ0v) is 15.6. The monoisotopic (exact) mass is 406 g/mol. The third-order valence-electron chi connectivity index (χ3n) is 4.21. The van der Waals surface area contributed by atoms with Crippen LogP contribution in [0.4, 0.5) is 10.5 Å². The second kappa shape index (κ2) is 8.36. The van der Waals surface area contributed by atoms with Gasteiger partial charge >= 0.3 is 6.09 Å². The molecule has 0 radical (unpaired) electrons. The highest BCUT2D eigenvalue weighted by Crippen LogP contribution is 2.22. The number of amides is 1. The Morgan fingerprint density at radius 2 is 1.82 bits per heavy atom. The van der Waals surface area contributed by atoms with Crippen LogP contribution in [0.15, 0.2) is 59.5 Å². The average molecular weight is 406 g/mol. The van der Waals surface area contributed by atoms with Crippen LogP contribution >= 0.6 is 0 Å². The molecule has 1 amide bonds. The van der Waals surface area contributed by atoms with Crippen LogP contribution in [0.1, 0.15) is 12.0 Å². The molecule has 0 unspecified atom stereocenters. The van der Waals surface area contributed by atoms with Crippen molar-refractivity contribution in [3.63, 3.8) is 0 Å². The number of nitro benzene ring substituents is 1. The maximum absolute atomic E-state index is 12.3. The molecule has 0 N–H and O–H groups in total. The van der Waals surface area contributed by atoms with Crippen LogP contribution in [-0.4, -0.2) is 43.5 Å². The van der Waals surface area contributed by atoms with E-state index in [-0.39, 0.29) is 23.7 Å². The van der Waals surface area contributed by atoms with Gasteiger partial charge < -0.3 is 9.64 Å². The predicted octanol–water partition coefficient (Wildman–Crippen LogP) is 2.71. The number of benzene rings is 2. The molecule has 0 aliphatic carbocycles. The molecule has 0 spiro atoms. The molecule has 9 nitrogen and oxygen atoms in total. The molecule has 0 saturated carbocycles. The van der Waals surface area contributed by atoms with E-state index in [9.17, 15) is 23.3 Å². The Morgan fingerprint density at radius 3 is 2.46 bits per heavy atom. The van der Waals surface area contributed by atoms with Gasteiger partial charge in [0.15, 0.2) is 0 Å². The first kappa shape index (κ1) is 19.8. The van der Waals surface area contributed by atoms with Gasteiger partial charge in [-0.15, -0.1) is 0 Å². The van der Waals surface area contributed by atoms with Gasteiger partial charge in [-0.25, -0.2) is 4.79 Å². The molecular weight excluding hydrogens is 388 g/mol. The lowest BCUT2D eigenvalue weighted by atomic mass is 10.2. The summed E-state index contributed by atoms with van der Waals surface area (Å²) in [5.41, 5.74) is 0.635. The summed E-state index contributed by atoms with van der Waals surface area (Å²) in [5, 5.41) is 10.7. The van der Waals surface area contributed by atoms with Gasteiger partial charge in [-0.05, 0) is 24.1 Å². The van der Waals surface area contributed by atoms with Crippen molar-refractivity contribution in [1.29, 1.82) is 0 Å². The van der Waals surface area contributed by atoms with E-state index in [0.717, 1.165) is 29.8 Å². The highest BCUT2D eigenvalue weighted by atomic mass is 32.2. The Morgan fingerprint density at radius 1 is 1.14 bits per heavy atom. The van der Waals surface area contributed by atoms with Gasteiger partial charge in [0, 0.05) is 18.7 Å². The van der Waals surface area contributed by atoms with Crippen LogP contribution in [0.5, 0.6) is 0 Å². The van der Waals surface area contributed by atoms with Crippen molar-refractivity contribution in [2.24, 2.45) is 0 Å². The van der Waals surface area contributed by atoms with Crippen LogP contribution in [0.3, 0.4) is 0 Å².